The molecule has 0 aliphatic carbocycles. The lowest BCUT2D eigenvalue weighted by atomic mass is 10.2. The monoisotopic (exact) mass is 389 g/mol. The number of amides is 1. The molecule has 0 radical (unpaired) electrons. The quantitative estimate of drug-likeness (QED) is 0.643. The Hall–Kier alpha value is -3.19. The zero-order chi connectivity index (χ0) is 19.4. The number of nitrogens with zero attached hydrogens (tertiary/aromatic N) is 1. The minimum atomic E-state index is -1.04. The molecule has 1 aromatic heterocycles. The van der Waals surface area contributed by atoms with Gasteiger partial charge in [0.25, 0.3) is 5.91 Å². The Bertz CT molecular complexity index is 998. The first kappa shape index (κ1) is 18.6. The van der Waals surface area contributed by atoms with Crippen LogP contribution in [0.5, 0.6) is 5.75 Å². The van der Waals surface area contributed by atoms with E-state index in [2.05, 4.69) is 15.6 Å². The number of rotatable bonds is 5. The van der Waals surface area contributed by atoms with Crippen LogP contribution in [0.3, 0.4) is 0 Å². The summed E-state index contributed by atoms with van der Waals surface area (Å²) < 4.78 is 31.5. The molecule has 5 nitrogen and oxygen atoms in total. The third-order valence-electron chi connectivity index (χ3n) is 3.62. The highest BCUT2D eigenvalue weighted by molar-refractivity contribution is 6.31. The Morgan fingerprint density at radius 2 is 1.89 bits per heavy atom. The summed E-state index contributed by atoms with van der Waals surface area (Å²) in [5.41, 5.74) is 0.996. The molecule has 1 amide bonds. The van der Waals surface area contributed by atoms with E-state index in [-0.39, 0.29) is 11.3 Å². The van der Waals surface area contributed by atoms with Crippen molar-refractivity contribution in [2.75, 3.05) is 17.7 Å². The lowest BCUT2D eigenvalue weighted by Crippen LogP contribution is -2.12. The van der Waals surface area contributed by atoms with Crippen molar-refractivity contribution >= 4 is 34.7 Å². The van der Waals surface area contributed by atoms with E-state index in [1.54, 1.807) is 18.2 Å². The molecule has 3 aromatic rings. The van der Waals surface area contributed by atoms with E-state index < -0.39 is 17.5 Å². The minimum absolute atomic E-state index is 0.140. The zero-order valence-electron chi connectivity index (χ0n) is 14.1. The molecule has 0 saturated heterocycles. The topological polar surface area (TPSA) is 63.2 Å². The number of hydrogen-bond donors (Lipinski definition) is 2. The molecule has 0 aliphatic heterocycles. The van der Waals surface area contributed by atoms with E-state index in [4.69, 9.17) is 16.3 Å². The molecule has 0 unspecified atom stereocenters. The van der Waals surface area contributed by atoms with E-state index in [1.165, 1.54) is 31.5 Å². The Labute approximate surface area is 159 Å². The molecule has 2 N–H and O–H groups in total. The van der Waals surface area contributed by atoms with Gasteiger partial charge in [0.15, 0.2) is 11.6 Å². The maximum Gasteiger partial charge on any atom is 0.255 e. The van der Waals surface area contributed by atoms with E-state index >= 15 is 0 Å². The fraction of sp³-hybridized carbons (Fsp3) is 0.0526. The summed E-state index contributed by atoms with van der Waals surface area (Å²) in [5, 5.41) is 6.04. The number of ether oxygens (including phenoxy) is 1. The van der Waals surface area contributed by atoms with Crippen molar-refractivity contribution in [1.82, 2.24) is 4.98 Å². The summed E-state index contributed by atoms with van der Waals surface area (Å²) in [6.07, 6.45) is 1.44. The van der Waals surface area contributed by atoms with Gasteiger partial charge in [0.2, 0.25) is 0 Å². The maximum atomic E-state index is 13.3. The molecular formula is C19H14ClF2N3O2. The summed E-state index contributed by atoms with van der Waals surface area (Å²) in [4.78, 5) is 16.5. The third-order valence-corrected chi connectivity index (χ3v) is 3.86. The van der Waals surface area contributed by atoms with Crippen LogP contribution in [0, 0.1) is 11.6 Å². The highest BCUT2D eigenvalue weighted by Crippen LogP contribution is 2.30. The van der Waals surface area contributed by atoms with Gasteiger partial charge in [-0.1, -0.05) is 11.6 Å². The van der Waals surface area contributed by atoms with Crippen molar-refractivity contribution in [2.24, 2.45) is 0 Å². The number of pyridine rings is 1. The number of aromatic nitrogens is 1. The van der Waals surface area contributed by atoms with E-state index in [0.717, 1.165) is 12.1 Å². The number of nitrogens with one attached hydrogen (secondary N) is 2. The highest BCUT2D eigenvalue weighted by atomic mass is 35.5. The van der Waals surface area contributed by atoms with Crippen molar-refractivity contribution in [2.45, 2.75) is 0 Å². The van der Waals surface area contributed by atoms with Gasteiger partial charge >= 0.3 is 0 Å². The zero-order valence-corrected chi connectivity index (χ0v) is 14.8. The second-order valence-corrected chi connectivity index (χ2v) is 5.92. The van der Waals surface area contributed by atoms with Crippen molar-refractivity contribution in [3.8, 4) is 5.75 Å². The fourth-order valence-electron chi connectivity index (χ4n) is 2.33. The van der Waals surface area contributed by atoms with Gasteiger partial charge in [-0.2, -0.15) is 0 Å². The van der Waals surface area contributed by atoms with E-state index in [9.17, 15) is 13.6 Å². The van der Waals surface area contributed by atoms with E-state index in [1.807, 2.05) is 0 Å². The predicted molar refractivity (Wildman–Crippen MR) is 99.8 cm³/mol. The summed E-state index contributed by atoms with van der Waals surface area (Å²) in [6, 6.07) is 11.2. The first-order chi connectivity index (χ1) is 13.0. The van der Waals surface area contributed by atoms with Crippen LogP contribution in [0.2, 0.25) is 5.02 Å². The first-order valence-corrected chi connectivity index (χ1v) is 8.17. The van der Waals surface area contributed by atoms with Crippen molar-refractivity contribution in [1.29, 1.82) is 0 Å². The smallest absolute Gasteiger partial charge is 0.255 e. The first-order valence-electron chi connectivity index (χ1n) is 7.79. The average Bonchev–Trinajstić information content (AvgIpc) is 2.65. The second kappa shape index (κ2) is 8.01. The summed E-state index contributed by atoms with van der Waals surface area (Å²) in [5.74, 6) is -1.59. The van der Waals surface area contributed by atoms with Crippen LogP contribution in [-0.4, -0.2) is 18.0 Å². The summed E-state index contributed by atoms with van der Waals surface area (Å²) >= 11 is 6.00. The molecule has 0 atom stereocenters. The number of hydrogen-bond acceptors (Lipinski definition) is 4. The average molecular weight is 390 g/mol. The van der Waals surface area contributed by atoms with Crippen LogP contribution >= 0.6 is 11.6 Å². The van der Waals surface area contributed by atoms with Crippen molar-refractivity contribution < 1.29 is 18.3 Å². The second-order valence-electron chi connectivity index (χ2n) is 5.48. The van der Waals surface area contributed by atoms with Gasteiger partial charge in [0.1, 0.15) is 11.6 Å². The van der Waals surface area contributed by atoms with Gasteiger partial charge in [-0.25, -0.2) is 13.8 Å². The number of benzene rings is 2. The molecule has 8 heteroatoms. The SMILES string of the molecule is COc1ccc(Cl)cc1Nc1cc(C(=O)Nc2ccc(F)c(F)c2)ccn1. The standard InChI is InChI=1S/C19H14ClF2N3O2/c1-27-17-5-2-12(20)9-16(17)25-18-8-11(6-7-23-18)19(26)24-13-3-4-14(21)15(22)10-13/h2-10H,1H3,(H,23,25)(H,24,26). The normalized spacial score (nSPS) is 10.4. The lowest BCUT2D eigenvalue weighted by molar-refractivity contribution is 0.102. The Balaban J connectivity index is 1.80. The molecule has 1 heterocycles. The molecule has 0 saturated carbocycles. The number of carbonyl (C=O) groups is 1. The van der Waals surface area contributed by atoms with Crippen LogP contribution in [0.15, 0.2) is 54.7 Å². The molecular weight excluding hydrogens is 376 g/mol. The van der Waals surface area contributed by atoms with Gasteiger partial charge in [0, 0.05) is 28.5 Å². The molecule has 0 fully saturated rings. The van der Waals surface area contributed by atoms with Crippen molar-refractivity contribution in [3.05, 3.63) is 76.9 Å². The highest BCUT2D eigenvalue weighted by Gasteiger charge is 2.11. The van der Waals surface area contributed by atoms with Gasteiger partial charge in [-0.3, -0.25) is 4.79 Å². The van der Waals surface area contributed by atoms with Crippen LogP contribution in [0.25, 0.3) is 0 Å². The Morgan fingerprint density at radius 1 is 1.07 bits per heavy atom. The number of methoxy groups -OCH3 is 1. The Morgan fingerprint density at radius 3 is 2.63 bits per heavy atom. The van der Waals surface area contributed by atoms with Crippen LogP contribution in [-0.2, 0) is 0 Å². The fourth-order valence-corrected chi connectivity index (χ4v) is 2.51. The summed E-state index contributed by atoms with van der Waals surface area (Å²) in [7, 11) is 1.52. The van der Waals surface area contributed by atoms with Gasteiger partial charge in [-0.05, 0) is 42.5 Å². The van der Waals surface area contributed by atoms with Gasteiger partial charge < -0.3 is 15.4 Å². The predicted octanol–water partition coefficient (Wildman–Crippen LogP) is 5.02. The van der Waals surface area contributed by atoms with Crippen LogP contribution in [0.4, 0.5) is 26.0 Å². The van der Waals surface area contributed by atoms with E-state index in [0.29, 0.717) is 22.3 Å². The van der Waals surface area contributed by atoms with Crippen LogP contribution in [0.1, 0.15) is 10.4 Å². The van der Waals surface area contributed by atoms with Gasteiger partial charge in [0.05, 0.1) is 12.8 Å². The lowest BCUT2D eigenvalue weighted by Gasteiger charge is -2.12. The minimum Gasteiger partial charge on any atom is -0.495 e. The summed E-state index contributed by atoms with van der Waals surface area (Å²) in [6.45, 7) is 0. The van der Waals surface area contributed by atoms with Crippen LogP contribution < -0.4 is 15.4 Å². The molecule has 0 spiro atoms. The number of anilines is 3. The largest absolute Gasteiger partial charge is 0.495 e. The molecule has 0 bridgehead atoms. The molecule has 0 aliphatic rings. The molecule has 138 valence electrons. The number of carbonyl (C=O) groups excluding carboxylic acids is 1. The number of halogens is 3. The molecule has 2 aromatic carbocycles. The molecule has 3 rings (SSSR count). The Kier molecular flexibility index (Phi) is 5.52. The molecule has 27 heavy (non-hydrogen) atoms. The van der Waals surface area contributed by atoms with Gasteiger partial charge in [-0.15, -0.1) is 0 Å². The maximum absolute atomic E-state index is 13.3. The van der Waals surface area contributed by atoms with Crippen molar-refractivity contribution in [3.63, 3.8) is 0 Å². The third kappa shape index (κ3) is 4.51.